The molecule has 210 valence electrons. The van der Waals surface area contributed by atoms with Gasteiger partial charge >= 0.3 is 12.1 Å². The van der Waals surface area contributed by atoms with Crippen molar-refractivity contribution in [3.63, 3.8) is 0 Å². The molecule has 1 N–H and O–H groups in total. The van der Waals surface area contributed by atoms with Gasteiger partial charge in [0, 0.05) is 70.3 Å². The van der Waals surface area contributed by atoms with E-state index in [1.165, 1.54) is 7.11 Å². The van der Waals surface area contributed by atoms with Gasteiger partial charge in [-0.2, -0.15) is 13.2 Å². The first-order valence-electron chi connectivity index (χ1n) is 13.1. The van der Waals surface area contributed by atoms with Gasteiger partial charge in [-0.1, -0.05) is 0 Å². The molecule has 0 unspecified atom stereocenters. The van der Waals surface area contributed by atoms with Gasteiger partial charge in [0.25, 0.3) is 0 Å². The highest BCUT2D eigenvalue weighted by atomic mass is 19.4. The Kier molecular flexibility index (Phi) is 7.69. The smallest absolute Gasteiger partial charge is 0.417 e. The summed E-state index contributed by atoms with van der Waals surface area (Å²) in [5, 5.41) is 3.72. The number of carbonyl (C=O) groups excluding carboxylic acids is 2. The molecule has 1 aliphatic carbocycles. The predicted octanol–water partition coefficient (Wildman–Crippen LogP) is 1.63. The Morgan fingerprint density at radius 1 is 1.32 bits per heavy atom. The number of nitrogens with zero attached hydrogens (tertiary/aromatic N) is 3. The second-order valence-corrected chi connectivity index (χ2v) is 11.0. The van der Waals surface area contributed by atoms with Crippen LogP contribution in [0.1, 0.15) is 36.1 Å². The molecule has 0 spiro atoms. The first-order chi connectivity index (χ1) is 18.1. The van der Waals surface area contributed by atoms with Gasteiger partial charge in [-0.05, 0) is 36.8 Å². The molecule has 0 radical (unpaired) electrons. The zero-order valence-electron chi connectivity index (χ0n) is 21.8. The van der Waals surface area contributed by atoms with Crippen LogP contribution >= 0.6 is 0 Å². The van der Waals surface area contributed by atoms with Gasteiger partial charge in [0.2, 0.25) is 5.91 Å². The van der Waals surface area contributed by atoms with E-state index in [4.69, 9.17) is 14.2 Å². The molecule has 0 aromatic carbocycles. The Morgan fingerprint density at radius 3 is 2.87 bits per heavy atom. The minimum absolute atomic E-state index is 0.0130. The molecule has 3 fully saturated rings. The number of nitrogens with one attached hydrogen (secondary N) is 1. The lowest BCUT2D eigenvalue weighted by molar-refractivity contribution is -0.145. The van der Waals surface area contributed by atoms with Crippen molar-refractivity contribution in [1.82, 2.24) is 20.1 Å². The largest absolute Gasteiger partial charge is 0.468 e. The number of ether oxygens (including phenoxy) is 3. The van der Waals surface area contributed by atoms with Crippen LogP contribution in [0.4, 0.5) is 13.2 Å². The quantitative estimate of drug-likeness (QED) is 0.545. The fourth-order valence-corrected chi connectivity index (χ4v) is 6.81. The van der Waals surface area contributed by atoms with Gasteiger partial charge in [-0.3, -0.25) is 19.5 Å². The van der Waals surface area contributed by atoms with Gasteiger partial charge < -0.3 is 24.4 Å². The normalized spacial score (nSPS) is 31.7. The Labute approximate surface area is 220 Å². The number of carbonyl (C=O) groups is 2. The number of aromatic nitrogens is 1. The SMILES string of the molecule is COC(=O)CN1C[C@@H]2C[C@@H](N[C@H]3CCOC[C@H]3OC)C[C@]2(C(=O)N2CCc3ncc(C(F)(F)F)cc3C2)C1. The maximum absolute atomic E-state index is 14.2. The third-order valence-electron chi connectivity index (χ3n) is 8.66. The van der Waals surface area contributed by atoms with E-state index in [1.54, 1.807) is 12.0 Å². The highest BCUT2D eigenvalue weighted by Gasteiger charge is 2.59. The zero-order valence-corrected chi connectivity index (χ0v) is 21.8. The van der Waals surface area contributed by atoms with Crippen molar-refractivity contribution < 1.29 is 37.0 Å². The number of rotatable bonds is 6. The maximum Gasteiger partial charge on any atom is 0.417 e. The highest BCUT2D eigenvalue weighted by molar-refractivity contribution is 5.85. The molecule has 0 bridgehead atoms. The second-order valence-electron chi connectivity index (χ2n) is 11.0. The van der Waals surface area contributed by atoms with Gasteiger partial charge in [0.15, 0.2) is 0 Å². The Morgan fingerprint density at radius 2 is 2.13 bits per heavy atom. The van der Waals surface area contributed by atoms with E-state index in [0.717, 1.165) is 25.1 Å². The van der Waals surface area contributed by atoms with E-state index < -0.39 is 17.2 Å². The molecule has 4 heterocycles. The monoisotopic (exact) mass is 540 g/mol. The van der Waals surface area contributed by atoms with Crippen LogP contribution in [0.5, 0.6) is 0 Å². The Balaban J connectivity index is 1.36. The Hall–Kier alpha value is -2.28. The summed E-state index contributed by atoms with van der Waals surface area (Å²) in [6, 6.07) is 1.31. The molecular weight excluding hydrogens is 505 g/mol. The average molecular weight is 541 g/mol. The first-order valence-corrected chi connectivity index (χ1v) is 13.1. The van der Waals surface area contributed by atoms with Crippen molar-refractivity contribution in [2.75, 3.05) is 53.6 Å². The van der Waals surface area contributed by atoms with Crippen molar-refractivity contribution in [2.45, 2.75) is 56.6 Å². The first kappa shape index (κ1) is 27.3. The number of likely N-dealkylation sites (tertiary alicyclic amines) is 1. The fraction of sp³-hybridized carbons (Fsp3) is 0.731. The minimum Gasteiger partial charge on any atom is -0.468 e. The molecule has 1 amide bonds. The zero-order chi connectivity index (χ0) is 27.1. The summed E-state index contributed by atoms with van der Waals surface area (Å²) in [7, 11) is 3.01. The Bertz CT molecular complexity index is 1060. The van der Waals surface area contributed by atoms with Crippen molar-refractivity contribution in [2.24, 2.45) is 11.3 Å². The maximum atomic E-state index is 14.2. The van der Waals surface area contributed by atoms with E-state index in [1.807, 2.05) is 4.90 Å². The van der Waals surface area contributed by atoms with Crippen LogP contribution in [-0.4, -0.2) is 98.5 Å². The van der Waals surface area contributed by atoms with Crippen LogP contribution in [0.25, 0.3) is 0 Å². The van der Waals surface area contributed by atoms with E-state index in [0.29, 0.717) is 56.9 Å². The molecule has 12 heteroatoms. The summed E-state index contributed by atoms with van der Waals surface area (Å²) in [5.74, 6) is -0.401. The second kappa shape index (κ2) is 10.7. The number of pyridine rings is 1. The molecule has 1 aromatic heterocycles. The van der Waals surface area contributed by atoms with Crippen LogP contribution in [0, 0.1) is 11.3 Å². The van der Waals surface area contributed by atoms with Gasteiger partial charge in [0.1, 0.15) is 0 Å². The standard InChI is InChI=1S/C26H35F3N4O5/c1-36-22-14-38-6-4-21(22)31-19-8-18-12-32(13-23(34)37-2)15-25(18,9-19)24(35)33-5-3-20-16(11-33)7-17(10-30-20)26(27,28)29/h7,10,18-19,21-22,31H,3-6,8-9,11-15H2,1-2H3/t18-,19+,21-,22+,25-/m0/s1. The highest BCUT2D eigenvalue weighted by Crippen LogP contribution is 2.50. The summed E-state index contributed by atoms with van der Waals surface area (Å²) in [6.45, 7) is 2.77. The molecule has 5 atom stereocenters. The number of hydrogen-bond acceptors (Lipinski definition) is 8. The van der Waals surface area contributed by atoms with Gasteiger partial charge in [-0.15, -0.1) is 0 Å². The van der Waals surface area contributed by atoms with E-state index in [9.17, 15) is 22.8 Å². The fourth-order valence-electron chi connectivity index (χ4n) is 6.81. The number of esters is 1. The van der Waals surface area contributed by atoms with Crippen LogP contribution in [0.15, 0.2) is 12.3 Å². The number of methoxy groups -OCH3 is 2. The number of fused-ring (bicyclic) bond motifs is 2. The summed E-state index contributed by atoms with van der Waals surface area (Å²) in [6.07, 6.45) is -1.12. The predicted molar refractivity (Wildman–Crippen MR) is 129 cm³/mol. The average Bonchev–Trinajstić information content (AvgIpc) is 3.41. The lowest BCUT2D eigenvalue weighted by Gasteiger charge is -2.38. The topological polar surface area (TPSA) is 93.2 Å². The van der Waals surface area contributed by atoms with Crippen molar-refractivity contribution in [1.29, 1.82) is 0 Å². The van der Waals surface area contributed by atoms with E-state index in [-0.39, 0.29) is 49.1 Å². The van der Waals surface area contributed by atoms with Crippen LogP contribution in [-0.2, 0) is 42.9 Å². The molecular formula is C26H35F3N4O5. The number of halogens is 3. The van der Waals surface area contributed by atoms with Crippen molar-refractivity contribution in [3.8, 4) is 0 Å². The van der Waals surface area contributed by atoms with Crippen molar-refractivity contribution >= 4 is 11.9 Å². The van der Waals surface area contributed by atoms with Crippen LogP contribution < -0.4 is 5.32 Å². The van der Waals surface area contributed by atoms with Gasteiger partial charge in [0.05, 0.1) is 37.3 Å². The molecule has 9 nitrogen and oxygen atoms in total. The molecule has 2 saturated heterocycles. The molecule has 38 heavy (non-hydrogen) atoms. The molecule has 1 aromatic rings. The minimum atomic E-state index is -4.49. The summed E-state index contributed by atoms with van der Waals surface area (Å²) >= 11 is 0. The molecule has 4 aliphatic rings. The van der Waals surface area contributed by atoms with Crippen LogP contribution in [0.3, 0.4) is 0 Å². The number of hydrogen-bond donors (Lipinski definition) is 1. The van der Waals surface area contributed by atoms with Crippen molar-refractivity contribution in [3.05, 3.63) is 29.1 Å². The number of alkyl halides is 3. The molecule has 3 aliphatic heterocycles. The van der Waals surface area contributed by atoms with E-state index >= 15 is 0 Å². The molecule has 5 rings (SSSR count). The number of amides is 1. The molecule has 1 saturated carbocycles. The van der Waals surface area contributed by atoms with E-state index in [2.05, 4.69) is 10.3 Å². The van der Waals surface area contributed by atoms with Crippen LogP contribution in [0.2, 0.25) is 0 Å². The third kappa shape index (κ3) is 5.28. The lowest BCUT2D eigenvalue weighted by atomic mass is 9.78. The third-order valence-corrected chi connectivity index (χ3v) is 8.66. The summed E-state index contributed by atoms with van der Waals surface area (Å²) in [4.78, 5) is 33.9. The summed E-state index contributed by atoms with van der Waals surface area (Å²) < 4.78 is 55.9. The van der Waals surface area contributed by atoms with Gasteiger partial charge in [-0.25, -0.2) is 0 Å². The summed E-state index contributed by atoms with van der Waals surface area (Å²) in [5.41, 5.74) is -0.493. The lowest BCUT2D eigenvalue weighted by Crippen LogP contribution is -2.52.